The fourth-order valence-corrected chi connectivity index (χ4v) is 4.69. The molecule has 3 rings (SSSR count). The molecule has 1 spiro atoms. The monoisotopic (exact) mass is 456 g/mol. The first kappa shape index (κ1) is 22.8. The standard InChI is InChI=1S/C21H26Cl2N2O5/c1-5-14-16(8-7-15(22)18(14)23)25(13(4)26)17(12(2)3)11-24-10-6-9-21(24)29-19(27)20(28)30-21/h7-8,12,17H,5-6,9-11H2,1-4H3/t17-/m1/s1. The lowest BCUT2D eigenvalue weighted by Crippen LogP contribution is -2.55. The lowest BCUT2D eigenvalue weighted by molar-refractivity contribution is -0.235. The van der Waals surface area contributed by atoms with Gasteiger partial charge in [0.2, 0.25) is 5.91 Å². The normalized spacial score (nSPS) is 19.3. The molecule has 2 aliphatic rings. The summed E-state index contributed by atoms with van der Waals surface area (Å²) in [6, 6.07) is 3.21. The third-order valence-corrected chi connectivity index (χ3v) is 6.55. The first-order chi connectivity index (χ1) is 14.1. The molecule has 2 saturated heterocycles. The van der Waals surface area contributed by atoms with Crippen LogP contribution in [0.15, 0.2) is 12.1 Å². The van der Waals surface area contributed by atoms with E-state index >= 15 is 0 Å². The van der Waals surface area contributed by atoms with Crippen LogP contribution in [-0.2, 0) is 30.3 Å². The van der Waals surface area contributed by atoms with Gasteiger partial charge in [0, 0.05) is 32.1 Å². The molecule has 0 aromatic heterocycles. The minimum absolute atomic E-state index is 0.0542. The van der Waals surface area contributed by atoms with Crippen LogP contribution in [0.5, 0.6) is 0 Å². The van der Waals surface area contributed by atoms with Gasteiger partial charge >= 0.3 is 17.8 Å². The Labute approximate surface area is 186 Å². The number of anilines is 1. The van der Waals surface area contributed by atoms with Crippen LogP contribution in [0.3, 0.4) is 0 Å². The van der Waals surface area contributed by atoms with Crippen LogP contribution in [0.4, 0.5) is 5.69 Å². The molecule has 0 aliphatic carbocycles. The highest BCUT2D eigenvalue weighted by Crippen LogP contribution is 2.39. The summed E-state index contributed by atoms with van der Waals surface area (Å²) in [6.45, 7) is 8.43. The van der Waals surface area contributed by atoms with E-state index in [1.807, 2.05) is 25.7 Å². The Morgan fingerprint density at radius 1 is 1.23 bits per heavy atom. The van der Waals surface area contributed by atoms with Crippen LogP contribution in [0, 0.1) is 5.92 Å². The van der Waals surface area contributed by atoms with Gasteiger partial charge < -0.3 is 14.4 Å². The highest BCUT2D eigenvalue weighted by atomic mass is 35.5. The molecule has 0 bridgehead atoms. The lowest BCUT2D eigenvalue weighted by Gasteiger charge is -2.40. The van der Waals surface area contributed by atoms with E-state index < -0.39 is 17.8 Å². The number of hydrogen-bond acceptors (Lipinski definition) is 6. The van der Waals surface area contributed by atoms with Crippen molar-refractivity contribution in [2.75, 3.05) is 18.0 Å². The third kappa shape index (κ3) is 4.03. The third-order valence-electron chi connectivity index (χ3n) is 5.71. The van der Waals surface area contributed by atoms with Crippen molar-refractivity contribution in [3.05, 3.63) is 27.7 Å². The second-order valence-electron chi connectivity index (χ2n) is 7.95. The molecule has 0 N–H and O–H groups in total. The van der Waals surface area contributed by atoms with Gasteiger partial charge in [0.15, 0.2) is 0 Å². The van der Waals surface area contributed by atoms with Crippen LogP contribution in [-0.4, -0.2) is 47.8 Å². The van der Waals surface area contributed by atoms with E-state index in [2.05, 4.69) is 0 Å². The zero-order valence-corrected chi connectivity index (χ0v) is 19.0. The van der Waals surface area contributed by atoms with E-state index in [1.54, 1.807) is 17.0 Å². The molecular weight excluding hydrogens is 431 g/mol. The number of benzene rings is 1. The highest BCUT2D eigenvalue weighted by Gasteiger charge is 2.56. The number of ether oxygens (including phenoxy) is 2. The summed E-state index contributed by atoms with van der Waals surface area (Å²) in [7, 11) is 0. The molecule has 2 aliphatic heterocycles. The Kier molecular flexibility index (Phi) is 6.65. The van der Waals surface area contributed by atoms with Gasteiger partial charge in [-0.05, 0) is 36.5 Å². The van der Waals surface area contributed by atoms with Crippen molar-refractivity contribution >= 4 is 46.7 Å². The van der Waals surface area contributed by atoms with E-state index in [9.17, 15) is 14.4 Å². The molecule has 9 heteroatoms. The lowest BCUT2D eigenvalue weighted by atomic mass is 9.98. The molecule has 0 saturated carbocycles. The van der Waals surface area contributed by atoms with Crippen molar-refractivity contribution in [1.29, 1.82) is 0 Å². The number of halogens is 2. The molecule has 7 nitrogen and oxygen atoms in total. The summed E-state index contributed by atoms with van der Waals surface area (Å²) in [5.74, 6) is -3.43. The van der Waals surface area contributed by atoms with E-state index in [-0.39, 0.29) is 17.9 Å². The van der Waals surface area contributed by atoms with Gasteiger partial charge in [-0.25, -0.2) is 14.5 Å². The van der Waals surface area contributed by atoms with Crippen LogP contribution < -0.4 is 4.90 Å². The molecule has 164 valence electrons. The molecule has 2 heterocycles. The van der Waals surface area contributed by atoms with Gasteiger partial charge in [0.1, 0.15) is 0 Å². The van der Waals surface area contributed by atoms with E-state index in [0.29, 0.717) is 48.1 Å². The predicted octanol–water partition coefficient (Wildman–Crippen LogP) is 3.78. The number of carbonyl (C=O) groups is 3. The highest BCUT2D eigenvalue weighted by molar-refractivity contribution is 6.42. The van der Waals surface area contributed by atoms with Crippen molar-refractivity contribution in [3.8, 4) is 0 Å². The maximum absolute atomic E-state index is 12.8. The minimum Gasteiger partial charge on any atom is -0.400 e. The van der Waals surface area contributed by atoms with Gasteiger partial charge in [-0.1, -0.05) is 44.0 Å². The average Bonchev–Trinajstić information content (AvgIpc) is 3.18. The van der Waals surface area contributed by atoms with E-state index in [0.717, 1.165) is 5.56 Å². The van der Waals surface area contributed by atoms with Gasteiger partial charge in [-0.3, -0.25) is 4.79 Å². The van der Waals surface area contributed by atoms with Crippen LogP contribution in [0.1, 0.15) is 46.1 Å². The number of likely N-dealkylation sites (tertiary alicyclic amines) is 1. The Balaban J connectivity index is 1.98. The van der Waals surface area contributed by atoms with Gasteiger partial charge in [-0.15, -0.1) is 0 Å². The second kappa shape index (κ2) is 8.73. The SMILES string of the molecule is CCc1c(N(C(C)=O)[C@H](CN2CCCC23OC(=O)C(=O)O3)C(C)C)ccc(Cl)c1Cl. The maximum Gasteiger partial charge on any atom is 0.421 e. The zero-order chi connectivity index (χ0) is 22.2. The van der Waals surface area contributed by atoms with Crippen molar-refractivity contribution in [2.24, 2.45) is 5.92 Å². The van der Waals surface area contributed by atoms with Crippen molar-refractivity contribution in [1.82, 2.24) is 4.90 Å². The maximum atomic E-state index is 12.8. The van der Waals surface area contributed by atoms with Crippen LogP contribution >= 0.6 is 23.2 Å². The zero-order valence-electron chi connectivity index (χ0n) is 17.5. The fraction of sp³-hybridized carbons (Fsp3) is 0.571. The molecule has 1 atom stereocenters. The molecule has 1 amide bonds. The summed E-state index contributed by atoms with van der Waals surface area (Å²) in [6.07, 6.45) is 1.72. The average molecular weight is 457 g/mol. The summed E-state index contributed by atoms with van der Waals surface area (Å²) in [5, 5.41) is 0.867. The van der Waals surface area contributed by atoms with E-state index in [4.69, 9.17) is 32.7 Å². The van der Waals surface area contributed by atoms with Crippen molar-refractivity contribution in [2.45, 2.75) is 58.9 Å². The molecule has 2 fully saturated rings. The number of esters is 2. The molecule has 0 unspecified atom stereocenters. The number of nitrogens with zero attached hydrogens (tertiary/aromatic N) is 2. The Bertz CT molecular complexity index is 857. The Morgan fingerprint density at radius 3 is 2.40 bits per heavy atom. The largest absolute Gasteiger partial charge is 0.421 e. The topological polar surface area (TPSA) is 76.2 Å². The van der Waals surface area contributed by atoms with Crippen LogP contribution in [0.25, 0.3) is 0 Å². The second-order valence-corrected chi connectivity index (χ2v) is 8.74. The summed E-state index contributed by atoms with van der Waals surface area (Å²) in [4.78, 5) is 39.8. The molecule has 0 radical (unpaired) electrons. The van der Waals surface area contributed by atoms with Gasteiger partial charge in [-0.2, -0.15) is 0 Å². The first-order valence-electron chi connectivity index (χ1n) is 10.1. The number of amides is 1. The van der Waals surface area contributed by atoms with Gasteiger partial charge in [0.05, 0.1) is 16.1 Å². The van der Waals surface area contributed by atoms with Crippen molar-refractivity contribution in [3.63, 3.8) is 0 Å². The van der Waals surface area contributed by atoms with E-state index in [1.165, 1.54) is 6.92 Å². The Morgan fingerprint density at radius 2 is 1.87 bits per heavy atom. The quantitative estimate of drug-likeness (QED) is 0.478. The summed E-state index contributed by atoms with van der Waals surface area (Å²) in [5.41, 5.74) is 1.49. The smallest absolute Gasteiger partial charge is 0.400 e. The molecule has 1 aromatic rings. The minimum atomic E-state index is -1.38. The fourth-order valence-electron chi connectivity index (χ4n) is 4.22. The first-order valence-corrected chi connectivity index (χ1v) is 10.8. The predicted molar refractivity (Wildman–Crippen MR) is 113 cm³/mol. The number of carbonyl (C=O) groups excluding carboxylic acids is 3. The number of hydrogen-bond donors (Lipinski definition) is 0. The van der Waals surface area contributed by atoms with Crippen LogP contribution in [0.2, 0.25) is 10.0 Å². The van der Waals surface area contributed by atoms with Crippen molar-refractivity contribution < 1.29 is 23.9 Å². The Hall–Kier alpha value is -1.83. The number of rotatable bonds is 6. The molecular formula is C21H26Cl2N2O5. The molecule has 1 aromatic carbocycles. The summed E-state index contributed by atoms with van der Waals surface area (Å²) < 4.78 is 10.6. The molecule has 30 heavy (non-hydrogen) atoms. The van der Waals surface area contributed by atoms with Gasteiger partial charge in [0.25, 0.3) is 0 Å². The summed E-state index contributed by atoms with van der Waals surface area (Å²) >= 11 is 12.6.